The SMILES string of the molecule is Cn1ncc(C(=O)NCC2CCCCC2)c1Cl. The fourth-order valence-electron chi connectivity index (χ4n) is 2.30. The topological polar surface area (TPSA) is 46.9 Å². The second-order valence-electron chi connectivity index (χ2n) is 4.69. The minimum absolute atomic E-state index is 0.117. The molecule has 0 atom stereocenters. The Balaban J connectivity index is 1.86. The molecule has 1 aromatic rings. The average Bonchev–Trinajstić information content (AvgIpc) is 2.69. The minimum Gasteiger partial charge on any atom is -0.352 e. The van der Waals surface area contributed by atoms with Crippen molar-refractivity contribution >= 4 is 17.5 Å². The van der Waals surface area contributed by atoms with Gasteiger partial charge in [-0.3, -0.25) is 9.48 Å². The fourth-order valence-corrected chi connectivity index (χ4v) is 2.48. The quantitative estimate of drug-likeness (QED) is 0.902. The van der Waals surface area contributed by atoms with E-state index in [-0.39, 0.29) is 5.91 Å². The number of aryl methyl sites for hydroxylation is 1. The van der Waals surface area contributed by atoms with Crippen LogP contribution in [0.15, 0.2) is 6.20 Å². The molecular formula is C12H18ClN3O. The predicted octanol–water partition coefficient (Wildman–Crippen LogP) is 2.38. The van der Waals surface area contributed by atoms with Gasteiger partial charge in [-0.05, 0) is 18.8 Å². The first-order valence-corrected chi connectivity index (χ1v) is 6.52. The number of nitrogens with one attached hydrogen (secondary N) is 1. The Hall–Kier alpha value is -1.03. The molecule has 0 aliphatic heterocycles. The van der Waals surface area contributed by atoms with Gasteiger partial charge < -0.3 is 5.32 Å². The highest BCUT2D eigenvalue weighted by atomic mass is 35.5. The van der Waals surface area contributed by atoms with Crippen LogP contribution in [0.5, 0.6) is 0 Å². The molecule has 0 unspecified atom stereocenters. The number of rotatable bonds is 3. The van der Waals surface area contributed by atoms with Crippen molar-refractivity contribution in [2.75, 3.05) is 6.54 Å². The number of hydrogen-bond donors (Lipinski definition) is 1. The highest BCUT2D eigenvalue weighted by Crippen LogP contribution is 2.23. The Morgan fingerprint density at radius 1 is 1.53 bits per heavy atom. The fraction of sp³-hybridized carbons (Fsp3) is 0.667. The summed E-state index contributed by atoms with van der Waals surface area (Å²) in [5.74, 6) is 0.511. The van der Waals surface area contributed by atoms with Crippen LogP contribution in [0.1, 0.15) is 42.5 Å². The first-order valence-electron chi connectivity index (χ1n) is 6.14. The van der Waals surface area contributed by atoms with Crippen LogP contribution in [0.25, 0.3) is 0 Å². The van der Waals surface area contributed by atoms with E-state index in [1.165, 1.54) is 43.0 Å². The second-order valence-corrected chi connectivity index (χ2v) is 5.04. The van der Waals surface area contributed by atoms with Crippen molar-refractivity contribution in [2.45, 2.75) is 32.1 Å². The maximum atomic E-state index is 11.9. The van der Waals surface area contributed by atoms with Gasteiger partial charge in [0.25, 0.3) is 5.91 Å². The summed E-state index contributed by atoms with van der Waals surface area (Å²) in [7, 11) is 1.72. The standard InChI is InChI=1S/C12H18ClN3O/c1-16-11(13)10(8-15-16)12(17)14-7-9-5-3-2-4-6-9/h8-9H,2-7H2,1H3,(H,14,17). The third kappa shape index (κ3) is 3.00. The number of aromatic nitrogens is 2. The number of nitrogens with zero attached hydrogens (tertiary/aromatic N) is 2. The normalized spacial score (nSPS) is 17.1. The van der Waals surface area contributed by atoms with Crippen LogP contribution < -0.4 is 5.32 Å². The number of carbonyl (C=O) groups excluding carboxylic acids is 1. The Kier molecular flexibility index (Phi) is 4.05. The van der Waals surface area contributed by atoms with Crippen LogP contribution in [-0.2, 0) is 7.05 Å². The van der Waals surface area contributed by atoms with E-state index in [0.717, 1.165) is 6.54 Å². The number of halogens is 1. The zero-order chi connectivity index (χ0) is 12.3. The summed E-state index contributed by atoms with van der Waals surface area (Å²) in [5.41, 5.74) is 0.463. The number of amides is 1. The molecule has 1 heterocycles. The van der Waals surface area contributed by atoms with E-state index >= 15 is 0 Å². The van der Waals surface area contributed by atoms with E-state index < -0.39 is 0 Å². The molecule has 0 spiro atoms. The molecule has 0 saturated heterocycles. The smallest absolute Gasteiger partial charge is 0.256 e. The molecule has 0 radical (unpaired) electrons. The lowest BCUT2D eigenvalue weighted by molar-refractivity contribution is 0.0943. The molecular weight excluding hydrogens is 238 g/mol. The zero-order valence-electron chi connectivity index (χ0n) is 10.1. The Bertz CT molecular complexity index is 396. The van der Waals surface area contributed by atoms with E-state index in [2.05, 4.69) is 10.4 Å². The van der Waals surface area contributed by atoms with Gasteiger partial charge in [-0.15, -0.1) is 0 Å². The monoisotopic (exact) mass is 255 g/mol. The lowest BCUT2D eigenvalue weighted by Gasteiger charge is -2.21. The first-order chi connectivity index (χ1) is 8.18. The van der Waals surface area contributed by atoms with Crippen LogP contribution >= 0.6 is 11.6 Å². The van der Waals surface area contributed by atoms with Gasteiger partial charge in [0.15, 0.2) is 0 Å². The number of hydrogen-bond acceptors (Lipinski definition) is 2. The Morgan fingerprint density at radius 3 is 2.82 bits per heavy atom. The summed E-state index contributed by atoms with van der Waals surface area (Å²) < 4.78 is 1.50. The summed E-state index contributed by atoms with van der Waals surface area (Å²) in [6.45, 7) is 0.754. The summed E-state index contributed by atoms with van der Waals surface area (Å²) >= 11 is 5.96. The van der Waals surface area contributed by atoms with Crippen molar-refractivity contribution < 1.29 is 4.79 Å². The van der Waals surface area contributed by atoms with Crippen molar-refractivity contribution in [2.24, 2.45) is 13.0 Å². The van der Waals surface area contributed by atoms with Crippen molar-refractivity contribution in [3.8, 4) is 0 Å². The van der Waals surface area contributed by atoms with Crippen molar-refractivity contribution in [3.05, 3.63) is 16.9 Å². The van der Waals surface area contributed by atoms with Gasteiger partial charge in [-0.1, -0.05) is 30.9 Å². The van der Waals surface area contributed by atoms with Crippen molar-refractivity contribution in [1.29, 1.82) is 0 Å². The summed E-state index contributed by atoms with van der Waals surface area (Å²) in [5, 5.41) is 7.30. The third-order valence-corrected chi connectivity index (χ3v) is 3.84. The van der Waals surface area contributed by atoms with E-state index in [0.29, 0.717) is 16.6 Å². The summed E-state index contributed by atoms with van der Waals surface area (Å²) in [4.78, 5) is 11.9. The average molecular weight is 256 g/mol. The second kappa shape index (κ2) is 5.54. The highest BCUT2D eigenvalue weighted by molar-refractivity contribution is 6.32. The molecule has 0 bridgehead atoms. The zero-order valence-corrected chi connectivity index (χ0v) is 10.8. The highest BCUT2D eigenvalue weighted by Gasteiger charge is 2.17. The van der Waals surface area contributed by atoms with Gasteiger partial charge in [0.2, 0.25) is 0 Å². The van der Waals surface area contributed by atoms with Crippen molar-refractivity contribution in [3.63, 3.8) is 0 Å². The molecule has 1 saturated carbocycles. The molecule has 1 amide bonds. The van der Waals surface area contributed by atoms with Gasteiger partial charge in [0.1, 0.15) is 5.15 Å². The molecule has 2 rings (SSSR count). The largest absolute Gasteiger partial charge is 0.352 e. The van der Waals surface area contributed by atoms with E-state index in [1.807, 2.05) is 0 Å². The Morgan fingerprint density at radius 2 is 2.24 bits per heavy atom. The Labute approximate surface area is 106 Å². The van der Waals surface area contributed by atoms with E-state index in [9.17, 15) is 4.79 Å². The van der Waals surface area contributed by atoms with Crippen LogP contribution in [0.2, 0.25) is 5.15 Å². The van der Waals surface area contributed by atoms with Gasteiger partial charge >= 0.3 is 0 Å². The van der Waals surface area contributed by atoms with Gasteiger partial charge in [-0.2, -0.15) is 5.10 Å². The molecule has 0 aromatic carbocycles. The summed E-state index contributed by atoms with van der Waals surface area (Å²) in [6.07, 6.45) is 7.86. The van der Waals surface area contributed by atoms with Gasteiger partial charge in [0.05, 0.1) is 11.8 Å². The lowest BCUT2D eigenvalue weighted by Crippen LogP contribution is -2.30. The molecule has 94 valence electrons. The maximum Gasteiger partial charge on any atom is 0.256 e. The van der Waals surface area contributed by atoms with Crippen LogP contribution in [0.4, 0.5) is 0 Å². The molecule has 1 fully saturated rings. The van der Waals surface area contributed by atoms with Gasteiger partial charge in [-0.25, -0.2) is 0 Å². The third-order valence-electron chi connectivity index (χ3n) is 3.39. The van der Waals surface area contributed by atoms with Gasteiger partial charge in [0, 0.05) is 13.6 Å². The molecule has 17 heavy (non-hydrogen) atoms. The number of carbonyl (C=O) groups is 1. The van der Waals surface area contributed by atoms with E-state index in [4.69, 9.17) is 11.6 Å². The molecule has 1 aromatic heterocycles. The summed E-state index contributed by atoms with van der Waals surface area (Å²) in [6, 6.07) is 0. The molecule has 5 heteroatoms. The minimum atomic E-state index is -0.117. The molecule has 1 aliphatic rings. The maximum absolute atomic E-state index is 11.9. The van der Waals surface area contributed by atoms with Crippen molar-refractivity contribution in [1.82, 2.24) is 15.1 Å². The lowest BCUT2D eigenvalue weighted by atomic mass is 9.89. The molecule has 4 nitrogen and oxygen atoms in total. The van der Waals surface area contributed by atoms with Crippen LogP contribution in [0.3, 0.4) is 0 Å². The predicted molar refractivity (Wildman–Crippen MR) is 67.1 cm³/mol. The van der Waals surface area contributed by atoms with Crippen LogP contribution in [-0.4, -0.2) is 22.2 Å². The molecule has 1 N–H and O–H groups in total. The van der Waals surface area contributed by atoms with E-state index in [1.54, 1.807) is 7.05 Å². The van der Waals surface area contributed by atoms with Crippen LogP contribution in [0, 0.1) is 5.92 Å². The first kappa shape index (κ1) is 12.4. The molecule has 1 aliphatic carbocycles.